The third kappa shape index (κ3) is 5.62. The molecule has 4 heteroatoms. The van der Waals surface area contributed by atoms with Gasteiger partial charge in [0.2, 0.25) is 0 Å². The van der Waals surface area contributed by atoms with E-state index in [-0.39, 0.29) is 5.97 Å². The number of benzene rings is 2. The smallest absolute Gasteiger partial charge is 0.330 e. The predicted molar refractivity (Wildman–Crippen MR) is 88.3 cm³/mol. The Labute approximate surface area is 135 Å². The maximum absolute atomic E-state index is 11.4. The summed E-state index contributed by atoms with van der Waals surface area (Å²) in [5.41, 5.74) is 0.898. The number of esters is 1. The molecule has 0 aliphatic rings. The van der Waals surface area contributed by atoms with E-state index in [4.69, 9.17) is 21.1 Å². The molecule has 0 atom stereocenters. The van der Waals surface area contributed by atoms with Gasteiger partial charge in [0.15, 0.2) is 0 Å². The van der Waals surface area contributed by atoms with Crippen LogP contribution in [0.25, 0.3) is 6.08 Å². The molecule has 0 aliphatic carbocycles. The molecule has 3 nitrogen and oxygen atoms in total. The van der Waals surface area contributed by atoms with Crippen LogP contribution in [0.2, 0.25) is 0 Å². The van der Waals surface area contributed by atoms with E-state index in [1.54, 1.807) is 6.08 Å². The number of halogens is 1. The van der Waals surface area contributed by atoms with E-state index in [2.05, 4.69) is 0 Å². The van der Waals surface area contributed by atoms with Gasteiger partial charge in [0.25, 0.3) is 0 Å². The number of hydrogen-bond donors (Lipinski definition) is 0. The van der Waals surface area contributed by atoms with Crippen LogP contribution in [0.4, 0.5) is 0 Å². The van der Waals surface area contributed by atoms with E-state index in [1.807, 2.05) is 54.6 Å². The Morgan fingerprint density at radius 2 is 1.68 bits per heavy atom. The summed E-state index contributed by atoms with van der Waals surface area (Å²) in [5.74, 6) is 1.65. The molecular formula is C18H17ClO3. The molecule has 0 aliphatic heterocycles. The second-order valence-corrected chi connectivity index (χ2v) is 4.91. The summed E-state index contributed by atoms with van der Waals surface area (Å²) >= 11 is 5.51. The van der Waals surface area contributed by atoms with Crippen molar-refractivity contribution >= 4 is 23.6 Å². The van der Waals surface area contributed by atoms with Crippen molar-refractivity contribution in [3.05, 3.63) is 66.2 Å². The Morgan fingerprint density at radius 1 is 1.00 bits per heavy atom. The van der Waals surface area contributed by atoms with Crippen molar-refractivity contribution in [2.45, 2.75) is 6.42 Å². The molecule has 2 aromatic carbocycles. The van der Waals surface area contributed by atoms with E-state index in [0.29, 0.717) is 18.9 Å². The normalized spacial score (nSPS) is 10.6. The van der Waals surface area contributed by atoms with Gasteiger partial charge in [-0.1, -0.05) is 30.3 Å². The van der Waals surface area contributed by atoms with Crippen LogP contribution >= 0.6 is 11.6 Å². The van der Waals surface area contributed by atoms with Crippen molar-refractivity contribution in [1.82, 2.24) is 0 Å². The Kier molecular flexibility index (Phi) is 6.52. The van der Waals surface area contributed by atoms with Gasteiger partial charge in [-0.05, 0) is 42.3 Å². The molecule has 0 spiro atoms. The summed E-state index contributed by atoms with van der Waals surface area (Å²) < 4.78 is 10.7. The number of para-hydroxylation sites is 1. The molecule has 0 saturated carbocycles. The van der Waals surface area contributed by atoms with Gasteiger partial charge in [-0.2, -0.15) is 0 Å². The maximum atomic E-state index is 11.4. The molecule has 0 aromatic heterocycles. The first-order chi connectivity index (χ1) is 10.8. The molecule has 0 amide bonds. The number of rotatable bonds is 7. The van der Waals surface area contributed by atoms with Crippen LogP contribution in [0.3, 0.4) is 0 Å². The van der Waals surface area contributed by atoms with Gasteiger partial charge in [-0.3, -0.25) is 0 Å². The van der Waals surface area contributed by atoms with Gasteiger partial charge in [0.1, 0.15) is 11.5 Å². The summed E-state index contributed by atoms with van der Waals surface area (Å²) in [6.07, 6.45) is 3.77. The second-order valence-electron chi connectivity index (χ2n) is 4.53. The standard InChI is InChI=1S/C18H17ClO3/c19-13-4-14-21-18(20)12-9-15-7-10-17(11-8-15)22-16-5-2-1-3-6-16/h1-3,5-12H,4,13-14H2/b12-9+. The third-order valence-electron chi connectivity index (χ3n) is 2.79. The topological polar surface area (TPSA) is 35.5 Å². The number of alkyl halides is 1. The highest BCUT2D eigenvalue weighted by Gasteiger charge is 1.98. The van der Waals surface area contributed by atoms with Gasteiger partial charge in [-0.15, -0.1) is 11.6 Å². The highest BCUT2D eigenvalue weighted by Crippen LogP contribution is 2.21. The predicted octanol–water partition coefficient (Wildman–Crippen LogP) is 4.66. The average molecular weight is 317 g/mol. The molecule has 0 radical (unpaired) electrons. The minimum atomic E-state index is -0.366. The molecule has 0 unspecified atom stereocenters. The molecule has 2 aromatic rings. The van der Waals surface area contributed by atoms with E-state index in [0.717, 1.165) is 17.1 Å². The van der Waals surface area contributed by atoms with Gasteiger partial charge in [-0.25, -0.2) is 4.79 Å². The second kappa shape index (κ2) is 8.90. The number of carbonyl (C=O) groups is 1. The number of ether oxygens (including phenoxy) is 2. The van der Waals surface area contributed by atoms with E-state index in [1.165, 1.54) is 6.08 Å². The molecule has 0 saturated heterocycles. The van der Waals surface area contributed by atoms with Crippen molar-refractivity contribution in [2.75, 3.05) is 12.5 Å². The summed E-state index contributed by atoms with van der Waals surface area (Å²) in [6.45, 7) is 0.344. The van der Waals surface area contributed by atoms with Crippen molar-refractivity contribution in [2.24, 2.45) is 0 Å². The van der Waals surface area contributed by atoms with E-state index >= 15 is 0 Å². The molecule has 0 N–H and O–H groups in total. The van der Waals surface area contributed by atoms with Crippen molar-refractivity contribution in [3.63, 3.8) is 0 Å². The molecule has 2 rings (SSSR count). The largest absolute Gasteiger partial charge is 0.462 e. The van der Waals surface area contributed by atoms with E-state index < -0.39 is 0 Å². The summed E-state index contributed by atoms with van der Waals surface area (Å²) in [4.78, 5) is 11.4. The van der Waals surface area contributed by atoms with Crippen LogP contribution in [-0.4, -0.2) is 18.5 Å². The SMILES string of the molecule is O=C(/C=C/c1ccc(Oc2ccccc2)cc1)OCCCCl. The van der Waals surface area contributed by atoms with Gasteiger partial charge in [0, 0.05) is 12.0 Å². The minimum Gasteiger partial charge on any atom is -0.462 e. The lowest BCUT2D eigenvalue weighted by Gasteiger charge is -2.05. The van der Waals surface area contributed by atoms with E-state index in [9.17, 15) is 4.79 Å². The maximum Gasteiger partial charge on any atom is 0.330 e. The van der Waals surface area contributed by atoms with Crippen molar-refractivity contribution in [3.8, 4) is 11.5 Å². The first kappa shape index (κ1) is 16.1. The number of carbonyl (C=O) groups excluding carboxylic acids is 1. The summed E-state index contributed by atoms with van der Waals surface area (Å²) in [7, 11) is 0. The van der Waals surface area contributed by atoms with Crippen LogP contribution < -0.4 is 4.74 Å². The summed E-state index contributed by atoms with van der Waals surface area (Å²) in [5, 5.41) is 0. The third-order valence-corrected chi connectivity index (χ3v) is 3.06. The highest BCUT2D eigenvalue weighted by molar-refractivity contribution is 6.17. The van der Waals surface area contributed by atoms with Crippen molar-refractivity contribution in [1.29, 1.82) is 0 Å². The van der Waals surface area contributed by atoms with Gasteiger partial charge in [0.05, 0.1) is 6.61 Å². The molecular weight excluding hydrogens is 300 g/mol. The highest BCUT2D eigenvalue weighted by atomic mass is 35.5. The number of hydrogen-bond acceptors (Lipinski definition) is 3. The minimum absolute atomic E-state index is 0.344. The Bertz CT molecular complexity index is 606. The lowest BCUT2D eigenvalue weighted by molar-refractivity contribution is -0.137. The van der Waals surface area contributed by atoms with Gasteiger partial charge < -0.3 is 9.47 Å². The first-order valence-electron chi connectivity index (χ1n) is 7.02. The zero-order chi connectivity index (χ0) is 15.6. The Morgan fingerprint density at radius 3 is 2.36 bits per heavy atom. The van der Waals surface area contributed by atoms with Crippen LogP contribution in [0.5, 0.6) is 11.5 Å². The Balaban J connectivity index is 1.87. The molecule has 114 valence electrons. The lowest BCUT2D eigenvalue weighted by Crippen LogP contribution is -2.02. The monoisotopic (exact) mass is 316 g/mol. The van der Waals surface area contributed by atoms with Crippen LogP contribution in [0, 0.1) is 0 Å². The molecule has 0 bridgehead atoms. The zero-order valence-electron chi connectivity index (χ0n) is 12.1. The fourth-order valence-electron chi connectivity index (χ4n) is 1.71. The fourth-order valence-corrected chi connectivity index (χ4v) is 1.82. The van der Waals surface area contributed by atoms with Crippen LogP contribution in [0.15, 0.2) is 60.7 Å². The van der Waals surface area contributed by atoms with Crippen LogP contribution in [0.1, 0.15) is 12.0 Å². The first-order valence-corrected chi connectivity index (χ1v) is 7.55. The Hall–Kier alpha value is -2.26. The van der Waals surface area contributed by atoms with Gasteiger partial charge >= 0.3 is 5.97 Å². The quantitative estimate of drug-likeness (QED) is 0.322. The van der Waals surface area contributed by atoms with Crippen molar-refractivity contribution < 1.29 is 14.3 Å². The average Bonchev–Trinajstić information content (AvgIpc) is 2.55. The molecule has 22 heavy (non-hydrogen) atoms. The van der Waals surface area contributed by atoms with Crippen LogP contribution in [-0.2, 0) is 9.53 Å². The summed E-state index contributed by atoms with van der Waals surface area (Å²) in [6, 6.07) is 17.0. The molecule has 0 fully saturated rings. The fraction of sp³-hybridized carbons (Fsp3) is 0.167. The lowest BCUT2D eigenvalue weighted by atomic mass is 10.2. The molecule has 0 heterocycles. The zero-order valence-corrected chi connectivity index (χ0v) is 12.8.